The zero-order valence-electron chi connectivity index (χ0n) is 7.84. The molecule has 0 radical (unpaired) electrons. The second kappa shape index (κ2) is 3.27. The predicted molar refractivity (Wildman–Crippen MR) is 46.3 cm³/mol. The van der Waals surface area contributed by atoms with E-state index in [4.69, 9.17) is 4.74 Å². The summed E-state index contributed by atoms with van der Waals surface area (Å²) in [5.41, 5.74) is 0.0462. The Kier molecular flexibility index (Phi) is 2.26. The van der Waals surface area contributed by atoms with E-state index in [0.29, 0.717) is 6.61 Å². The summed E-state index contributed by atoms with van der Waals surface area (Å²) in [6.07, 6.45) is 3.48. The first kappa shape index (κ1) is 8.97. The molecule has 2 fully saturated rings. The van der Waals surface area contributed by atoms with Crippen LogP contribution in [0.15, 0.2) is 0 Å². The quantitative estimate of drug-likeness (QED) is 0.587. The topological polar surface area (TPSA) is 47.6 Å². The standard InChI is InChI=1S/C9H15NO3/c1-12-8(11)7-5-13-9(6-10-7)3-2-4-9/h7,10H,2-6H2,1H3. The van der Waals surface area contributed by atoms with Crippen LogP contribution in [0.3, 0.4) is 0 Å². The van der Waals surface area contributed by atoms with Crippen molar-refractivity contribution >= 4 is 5.97 Å². The van der Waals surface area contributed by atoms with E-state index < -0.39 is 0 Å². The number of hydrogen-bond acceptors (Lipinski definition) is 4. The molecule has 1 saturated heterocycles. The van der Waals surface area contributed by atoms with Crippen LogP contribution in [0.2, 0.25) is 0 Å². The second-order valence-electron chi connectivity index (χ2n) is 3.80. The number of carbonyl (C=O) groups is 1. The van der Waals surface area contributed by atoms with Crippen LogP contribution < -0.4 is 5.32 Å². The van der Waals surface area contributed by atoms with E-state index in [1.165, 1.54) is 13.5 Å². The molecule has 1 saturated carbocycles. The number of nitrogens with one attached hydrogen (secondary N) is 1. The highest BCUT2D eigenvalue weighted by molar-refractivity contribution is 5.75. The maximum atomic E-state index is 11.1. The van der Waals surface area contributed by atoms with Crippen LogP contribution in [-0.4, -0.2) is 37.9 Å². The number of morpholine rings is 1. The molecule has 0 bridgehead atoms. The molecule has 1 atom stereocenters. The molecule has 2 aliphatic rings. The van der Waals surface area contributed by atoms with Crippen molar-refractivity contribution in [2.45, 2.75) is 30.9 Å². The molecule has 74 valence electrons. The monoisotopic (exact) mass is 185 g/mol. The number of hydrogen-bond donors (Lipinski definition) is 1. The molecule has 0 aromatic heterocycles. The van der Waals surface area contributed by atoms with Gasteiger partial charge in [0.25, 0.3) is 0 Å². The summed E-state index contributed by atoms with van der Waals surface area (Å²) in [4.78, 5) is 11.1. The van der Waals surface area contributed by atoms with Crippen molar-refractivity contribution < 1.29 is 14.3 Å². The largest absolute Gasteiger partial charge is 0.468 e. The van der Waals surface area contributed by atoms with E-state index in [-0.39, 0.29) is 17.6 Å². The van der Waals surface area contributed by atoms with Crippen LogP contribution in [0.1, 0.15) is 19.3 Å². The lowest BCUT2D eigenvalue weighted by Crippen LogP contribution is -2.60. The molecule has 4 nitrogen and oxygen atoms in total. The van der Waals surface area contributed by atoms with Gasteiger partial charge >= 0.3 is 5.97 Å². The Balaban J connectivity index is 1.85. The summed E-state index contributed by atoms with van der Waals surface area (Å²) in [5.74, 6) is -0.228. The molecule has 1 N–H and O–H groups in total. The van der Waals surface area contributed by atoms with Crippen molar-refractivity contribution in [3.63, 3.8) is 0 Å². The summed E-state index contributed by atoms with van der Waals surface area (Å²) in [7, 11) is 1.40. The average Bonchev–Trinajstić information content (AvgIpc) is 2.14. The van der Waals surface area contributed by atoms with Crippen molar-refractivity contribution in [1.82, 2.24) is 5.32 Å². The van der Waals surface area contributed by atoms with Gasteiger partial charge in [0.1, 0.15) is 6.04 Å². The molecule has 1 spiro atoms. The van der Waals surface area contributed by atoms with Crippen LogP contribution in [0.5, 0.6) is 0 Å². The van der Waals surface area contributed by atoms with Crippen LogP contribution in [0.25, 0.3) is 0 Å². The molecule has 4 heteroatoms. The van der Waals surface area contributed by atoms with E-state index in [2.05, 4.69) is 10.1 Å². The Morgan fingerprint density at radius 1 is 1.62 bits per heavy atom. The van der Waals surface area contributed by atoms with Crippen molar-refractivity contribution in [3.05, 3.63) is 0 Å². The van der Waals surface area contributed by atoms with Gasteiger partial charge in [0.15, 0.2) is 0 Å². The molecule has 2 rings (SSSR count). The van der Waals surface area contributed by atoms with Crippen molar-refractivity contribution in [2.24, 2.45) is 0 Å². The summed E-state index contributed by atoms with van der Waals surface area (Å²) < 4.78 is 10.3. The number of carbonyl (C=O) groups excluding carboxylic acids is 1. The predicted octanol–water partition coefficient (Wildman–Crippen LogP) is 0.0705. The number of esters is 1. The highest BCUT2D eigenvalue weighted by atomic mass is 16.5. The van der Waals surface area contributed by atoms with Crippen molar-refractivity contribution in [2.75, 3.05) is 20.3 Å². The Bertz CT molecular complexity index is 203. The van der Waals surface area contributed by atoms with E-state index in [9.17, 15) is 4.79 Å². The summed E-state index contributed by atoms with van der Waals surface area (Å²) in [6.45, 7) is 1.24. The molecule has 1 heterocycles. The molecule has 1 aliphatic heterocycles. The third-order valence-electron chi connectivity index (χ3n) is 2.98. The minimum Gasteiger partial charge on any atom is -0.468 e. The molecular formula is C9H15NO3. The minimum atomic E-state index is -0.267. The first-order valence-corrected chi connectivity index (χ1v) is 4.71. The normalized spacial score (nSPS) is 31.0. The molecule has 1 unspecified atom stereocenters. The lowest BCUT2D eigenvalue weighted by molar-refractivity contribution is -0.161. The van der Waals surface area contributed by atoms with Crippen molar-refractivity contribution in [1.29, 1.82) is 0 Å². The molecular weight excluding hydrogens is 170 g/mol. The van der Waals surface area contributed by atoms with Crippen LogP contribution >= 0.6 is 0 Å². The van der Waals surface area contributed by atoms with Gasteiger partial charge in [0.05, 0.1) is 19.3 Å². The highest BCUT2D eigenvalue weighted by Gasteiger charge is 2.42. The molecule has 0 amide bonds. The van der Waals surface area contributed by atoms with Gasteiger partial charge in [-0.3, -0.25) is 10.1 Å². The fourth-order valence-corrected chi connectivity index (χ4v) is 1.87. The first-order valence-electron chi connectivity index (χ1n) is 4.71. The van der Waals surface area contributed by atoms with Gasteiger partial charge in [-0.05, 0) is 19.3 Å². The number of rotatable bonds is 1. The lowest BCUT2D eigenvalue weighted by atomic mass is 9.79. The summed E-state index contributed by atoms with van der Waals surface area (Å²) in [6, 6.07) is -0.267. The van der Waals surface area contributed by atoms with Crippen molar-refractivity contribution in [3.8, 4) is 0 Å². The zero-order chi connectivity index (χ0) is 9.31. The summed E-state index contributed by atoms with van der Waals surface area (Å²) in [5, 5.41) is 3.16. The van der Waals surface area contributed by atoms with Crippen LogP contribution in [0.4, 0.5) is 0 Å². The molecule has 1 aliphatic carbocycles. The third-order valence-corrected chi connectivity index (χ3v) is 2.98. The van der Waals surface area contributed by atoms with E-state index in [0.717, 1.165) is 19.4 Å². The lowest BCUT2D eigenvalue weighted by Gasteiger charge is -2.46. The Labute approximate surface area is 77.6 Å². The third kappa shape index (κ3) is 1.56. The number of ether oxygens (including phenoxy) is 2. The zero-order valence-corrected chi connectivity index (χ0v) is 7.84. The van der Waals surface area contributed by atoms with Gasteiger partial charge in [-0.25, -0.2) is 0 Å². The van der Waals surface area contributed by atoms with Gasteiger partial charge in [-0.2, -0.15) is 0 Å². The van der Waals surface area contributed by atoms with Gasteiger partial charge in [0.2, 0.25) is 0 Å². The SMILES string of the molecule is COC(=O)C1COC2(CCC2)CN1. The molecule has 0 aromatic carbocycles. The second-order valence-corrected chi connectivity index (χ2v) is 3.80. The van der Waals surface area contributed by atoms with E-state index >= 15 is 0 Å². The van der Waals surface area contributed by atoms with Gasteiger partial charge in [-0.1, -0.05) is 0 Å². The Morgan fingerprint density at radius 3 is 2.77 bits per heavy atom. The fourth-order valence-electron chi connectivity index (χ4n) is 1.87. The summed E-state index contributed by atoms with van der Waals surface area (Å²) >= 11 is 0. The van der Waals surface area contributed by atoms with Gasteiger partial charge < -0.3 is 9.47 Å². The Hall–Kier alpha value is -0.610. The van der Waals surface area contributed by atoms with Crippen LogP contribution in [0, 0.1) is 0 Å². The maximum Gasteiger partial charge on any atom is 0.325 e. The average molecular weight is 185 g/mol. The van der Waals surface area contributed by atoms with E-state index in [1.807, 2.05) is 0 Å². The van der Waals surface area contributed by atoms with Gasteiger partial charge in [0, 0.05) is 6.54 Å². The molecule has 13 heavy (non-hydrogen) atoms. The van der Waals surface area contributed by atoms with Gasteiger partial charge in [-0.15, -0.1) is 0 Å². The first-order chi connectivity index (χ1) is 6.26. The smallest absolute Gasteiger partial charge is 0.325 e. The fraction of sp³-hybridized carbons (Fsp3) is 0.889. The minimum absolute atomic E-state index is 0.0462. The number of methoxy groups -OCH3 is 1. The Morgan fingerprint density at radius 2 is 2.38 bits per heavy atom. The molecule has 0 aromatic rings. The van der Waals surface area contributed by atoms with E-state index in [1.54, 1.807) is 0 Å². The highest BCUT2D eigenvalue weighted by Crippen LogP contribution is 2.36. The van der Waals surface area contributed by atoms with Crippen LogP contribution in [-0.2, 0) is 14.3 Å². The maximum absolute atomic E-state index is 11.1.